The molecule has 1 heterocycles. The van der Waals surface area contributed by atoms with E-state index in [2.05, 4.69) is 43.0 Å². The van der Waals surface area contributed by atoms with Crippen molar-refractivity contribution in [1.82, 2.24) is 0 Å². The molecule has 88 valence electrons. The van der Waals surface area contributed by atoms with E-state index < -0.39 is 0 Å². The number of aliphatic hydroxyl groups excluding tert-OH is 1. The van der Waals surface area contributed by atoms with Crippen molar-refractivity contribution in [1.29, 1.82) is 0 Å². The molecule has 1 N–H and O–H groups in total. The minimum absolute atomic E-state index is 0.0500. The zero-order valence-electron chi connectivity index (χ0n) is 10.2. The number of hydrogen-bond donors (Lipinski definition) is 1. The number of hydrogen-bond acceptors (Lipinski definition) is 2. The van der Waals surface area contributed by atoms with Crippen LogP contribution in [0, 0.1) is 5.92 Å². The molecule has 0 spiro atoms. The van der Waals surface area contributed by atoms with Crippen molar-refractivity contribution >= 4 is 5.69 Å². The Bertz CT molecular complexity index is 334. The number of aliphatic hydroxyl groups is 1. The van der Waals surface area contributed by atoms with Gasteiger partial charge in [0.1, 0.15) is 0 Å². The standard InChI is InChI=1S/C14H21NO/c1-14(2)12(11-16)7-6-10-15(14)13-8-4-3-5-9-13/h3-5,8-9,12,16H,6-7,10-11H2,1-2H3. The summed E-state index contributed by atoms with van der Waals surface area (Å²) in [5.74, 6) is 0.376. The Morgan fingerprint density at radius 2 is 2.00 bits per heavy atom. The topological polar surface area (TPSA) is 23.5 Å². The first kappa shape index (κ1) is 11.5. The van der Waals surface area contributed by atoms with Gasteiger partial charge in [-0.15, -0.1) is 0 Å². The third kappa shape index (κ3) is 1.94. The maximum absolute atomic E-state index is 9.46. The second-order valence-corrected chi connectivity index (χ2v) is 5.16. The second-order valence-electron chi connectivity index (χ2n) is 5.16. The van der Waals surface area contributed by atoms with Crippen LogP contribution in [-0.4, -0.2) is 23.8 Å². The first-order valence-corrected chi connectivity index (χ1v) is 6.10. The molecule has 0 amide bonds. The minimum atomic E-state index is 0.0500. The van der Waals surface area contributed by atoms with Gasteiger partial charge in [-0.05, 0) is 38.8 Å². The summed E-state index contributed by atoms with van der Waals surface area (Å²) in [6.07, 6.45) is 2.30. The van der Waals surface area contributed by atoms with Gasteiger partial charge in [-0.25, -0.2) is 0 Å². The molecule has 1 aromatic carbocycles. The fourth-order valence-electron chi connectivity index (χ4n) is 2.74. The Morgan fingerprint density at radius 1 is 1.31 bits per heavy atom. The van der Waals surface area contributed by atoms with E-state index in [0.29, 0.717) is 5.92 Å². The van der Waals surface area contributed by atoms with Gasteiger partial charge in [-0.1, -0.05) is 18.2 Å². The SMILES string of the molecule is CC1(C)C(CO)CCCN1c1ccccc1. The minimum Gasteiger partial charge on any atom is -0.396 e. The Labute approximate surface area is 97.9 Å². The first-order chi connectivity index (χ1) is 7.66. The lowest BCUT2D eigenvalue weighted by atomic mass is 9.79. The Morgan fingerprint density at radius 3 is 2.62 bits per heavy atom. The number of benzene rings is 1. The fraction of sp³-hybridized carbons (Fsp3) is 0.571. The molecule has 2 heteroatoms. The fourth-order valence-corrected chi connectivity index (χ4v) is 2.74. The molecule has 2 nitrogen and oxygen atoms in total. The van der Waals surface area contributed by atoms with Gasteiger partial charge < -0.3 is 10.0 Å². The van der Waals surface area contributed by atoms with Gasteiger partial charge in [0.25, 0.3) is 0 Å². The van der Waals surface area contributed by atoms with Gasteiger partial charge in [0, 0.05) is 30.3 Å². The summed E-state index contributed by atoms with van der Waals surface area (Å²) in [6.45, 7) is 5.85. The van der Waals surface area contributed by atoms with Crippen molar-refractivity contribution in [2.75, 3.05) is 18.1 Å². The summed E-state index contributed by atoms with van der Waals surface area (Å²) >= 11 is 0. The van der Waals surface area contributed by atoms with Crippen molar-refractivity contribution in [2.45, 2.75) is 32.2 Å². The highest BCUT2D eigenvalue weighted by atomic mass is 16.3. The molecule has 1 fully saturated rings. The predicted molar refractivity (Wildman–Crippen MR) is 67.7 cm³/mol. The molecule has 0 aliphatic carbocycles. The molecule has 1 saturated heterocycles. The molecule has 1 aliphatic rings. The Balaban J connectivity index is 2.27. The van der Waals surface area contributed by atoms with Crippen molar-refractivity contribution in [2.24, 2.45) is 5.92 Å². The van der Waals surface area contributed by atoms with Crippen LogP contribution in [-0.2, 0) is 0 Å². The molecule has 1 aromatic rings. The highest BCUT2D eigenvalue weighted by Crippen LogP contribution is 2.36. The molecule has 1 aliphatic heterocycles. The van der Waals surface area contributed by atoms with Gasteiger partial charge in [0.15, 0.2) is 0 Å². The number of anilines is 1. The summed E-state index contributed by atoms with van der Waals surface area (Å²) in [7, 11) is 0. The molecule has 16 heavy (non-hydrogen) atoms. The molecule has 1 atom stereocenters. The van der Waals surface area contributed by atoms with Crippen molar-refractivity contribution in [3.8, 4) is 0 Å². The molecular formula is C14H21NO. The average molecular weight is 219 g/mol. The third-order valence-corrected chi connectivity index (χ3v) is 3.92. The van der Waals surface area contributed by atoms with Gasteiger partial charge in [-0.2, -0.15) is 0 Å². The molecule has 0 bridgehead atoms. The van der Waals surface area contributed by atoms with E-state index in [-0.39, 0.29) is 12.1 Å². The lowest BCUT2D eigenvalue weighted by molar-refractivity contribution is 0.136. The van der Waals surface area contributed by atoms with Gasteiger partial charge >= 0.3 is 0 Å². The average Bonchev–Trinajstić information content (AvgIpc) is 2.29. The van der Waals surface area contributed by atoms with E-state index >= 15 is 0 Å². The van der Waals surface area contributed by atoms with E-state index in [1.54, 1.807) is 0 Å². The first-order valence-electron chi connectivity index (χ1n) is 6.10. The second kappa shape index (κ2) is 4.46. The molecule has 0 saturated carbocycles. The van der Waals surface area contributed by atoms with Gasteiger partial charge in [0.05, 0.1) is 0 Å². The van der Waals surface area contributed by atoms with E-state index in [9.17, 15) is 5.11 Å². The highest BCUT2D eigenvalue weighted by Gasteiger charge is 2.37. The number of rotatable bonds is 2. The summed E-state index contributed by atoms with van der Waals surface area (Å²) in [4.78, 5) is 2.43. The van der Waals surface area contributed by atoms with Gasteiger partial charge in [-0.3, -0.25) is 0 Å². The number of para-hydroxylation sites is 1. The lowest BCUT2D eigenvalue weighted by Crippen LogP contribution is -2.54. The van der Waals surface area contributed by atoms with Crippen LogP contribution in [0.2, 0.25) is 0 Å². The van der Waals surface area contributed by atoms with Crippen molar-refractivity contribution in [3.63, 3.8) is 0 Å². The third-order valence-electron chi connectivity index (χ3n) is 3.92. The summed E-state index contributed by atoms with van der Waals surface area (Å²) in [5.41, 5.74) is 1.32. The molecule has 0 radical (unpaired) electrons. The highest BCUT2D eigenvalue weighted by molar-refractivity contribution is 5.49. The van der Waals surface area contributed by atoms with E-state index in [1.807, 2.05) is 6.07 Å². The maximum Gasteiger partial charge on any atom is 0.0481 e. The maximum atomic E-state index is 9.46. The van der Waals surface area contributed by atoms with Crippen LogP contribution < -0.4 is 4.90 Å². The van der Waals surface area contributed by atoms with E-state index in [1.165, 1.54) is 12.1 Å². The van der Waals surface area contributed by atoms with Crippen LogP contribution in [0.1, 0.15) is 26.7 Å². The zero-order valence-corrected chi connectivity index (χ0v) is 10.2. The molecular weight excluding hydrogens is 198 g/mol. The summed E-state index contributed by atoms with van der Waals surface area (Å²) < 4.78 is 0. The Kier molecular flexibility index (Phi) is 3.20. The molecule has 2 rings (SSSR count). The van der Waals surface area contributed by atoms with Crippen LogP contribution in [0.15, 0.2) is 30.3 Å². The summed E-state index contributed by atoms with van der Waals surface area (Å²) in [6, 6.07) is 10.5. The molecule has 1 unspecified atom stereocenters. The summed E-state index contributed by atoms with van der Waals surface area (Å²) in [5, 5.41) is 9.46. The van der Waals surface area contributed by atoms with Crippen LogP contribution in [0.25, 0.3) is 0 Å². The van der Waals surface area contributed by atoms with E-state index in [0.717, 1.165) is 13.0 Å². The van der Waals surface area contributed by atoms with Crippen LogP contribution >= 0.6 is 0 Å². The largest absolute Gasteiger partial charge is 0.396 e. The Hall–Kier alpha value is -1.02. The van der Waals surface area contributed by atoms with E-state index in [4.69, 9.17) is 0 Å². The lowest BCUT2D eigenvalue weighted by Gasteiger charge is -2.49. The van der Waals surface area contributed by atoms with Crippen molar-refractivity contribution < 1.29 is 5.11 Å². The smallest absolute Gasteiger partial charge is 0.0481 e. The number of nitrogens with zero attached hydrogens (tertiary/aromatic N) is 1. The van der Waals surface area contributed by atoms with Crippen LogP contribution in [0.3, 0.4) is 0 Å². The quantitative estimate of drug-likeness (QED) is 0.826. The van der Waals surface area contributed by atoms with Crippen LogP contribution in [0.4, 0.5) is 5.69 Å². The zero-order chi connectivity index (χ0) is 11.6. The van der Waals surface area contributed by atoms with Crippen molar-refractivity contribution in [3.05, 3.63) is 30.3 Å². The monoisotopic (exact) mass is 219 g/mol. The molecule has 0 aromatic heterocycles. The predicted octanol–water partition coefficient (Wildman–Crippen LogP) is 2.67. The number of piperidine rings is 1. The van der Waals surface area contributed by atoms with Gasteiger partial charge in [0.2, 0.25) is 0 Å². The normalized spacial score (nSPS) is 24.4. The van der Waals surface area contributed by atoms with Crippen LogP contribution in [0.5, 0.6) is 0 Å².